The molecule has 0 aliphatic carbocycles. The Labute approximate surface area is 174 Å². The second-order valence-electron chi connectivity index (χ2n) is 6.74. The third kappa shape index (κ3) is 3.77. The summed E-state index contributed by atoms with van der Waals surface area (Å²) in [6.07, 6.45) is 0. The predicted molar refractivity (Wildman–Crippen MR) is 116 cm³/mol. The Morgan fingerprint density at radius 2 is 1.76 bits per heavy atom. The molecule has 1 atom stereocenters. The average Bonchev–Trinajstić information content (AvgIpc) is 3.13. The molecule has 0 bridgehead atoms. The standard InChI is InChI=1S/C22H20N4O2S/c1-14-13-18(25-28-14)23-21(27)19-15(2)26(17-11-7-4-8-12-17)22(29)24-20(19)16-9-5-3-6-10-16/h3-13,20H,1-2H3,(H,24,29)(H,23,25,27)/t20-/m1/s1. The van der Waals surface area contributed by atoms with Crippen LogP contribution in [-0.2, 0) is 4.79 Å². The van der Waals surface area contributed by atoms with Gasteiger partial charge in [0.25, 0.3) is 5.91 Å². The van der Waals surface area contributed by atoms with Crippen molar-refractivity contribution in [3.8, 4) is 0 Å². The first-order valence-electron chi connectivity index (χ1n) is 9.20. The molecule has 2 heterocycles. The van der Waals surface area contributed by atoms with Crippen LogP contribution in [0.3, 0.4) is 0 Å². The van der Waals surface area contributed by atoms with E-state index in [0.29, 0.717) is 22.3 Å². The summed E-state index contributed by atoms with van der Waals surface area (Å²) in [7, 11) is 0. The minimum absolute atomic E-state index is 0.263. The highest BCUT2D eigenvalue weighted by Gasteiger charge is 2.34. The minimum atomic E-state index is -0.378. The van der Waals surface area contributed by atoms with Gasteiger partial charge in [-0.1, -0.05) is 53.7 Å². The minimum Gasteiger partial charge on any atom is -0.360 e. The van der Waals surface area contributed by atoms with E-state index in [9.17, 15) is 4.79 Å². The zero-order valence-electron chi connectivity index (χ0n) is 16.0. The van der Waals surface area contributed by atoms with Gasteiger partial charge in [-0.25, -0.2) is 0 Å². The molecule has 4 rings (SSSR count). The molecule has 0 unspecified atom stereocenters. The van der Waals surface area contributed by atoms with Gasteiger partial charge in [0.15, 0.2) is 10.9 Å². The molecular formula is C22H20N4O2S. The van der Waals surface area contributed by atoms with Crippen LogP contribution in [0.25, 0.3) is 0 Å². The molecule has 0 saturated carbocycles. The number of allylic oxidation sites excluding steroid dienone is 1. The van der Waals surface area contributed by atoms with E-state index in [1.54, 1.807) is 13.0 Å². The van der Waals surface area contributed by atoms with E-state index >= 15 is 0 Å². The predicted octanol–water partition coefficient (Wildman–Crippen LogP) is 4.33. The third-order valence-electron chi connectivity index (χ3n) is 4.75. The maximum Gasteiger partial charge on any atom is 0.257 e. The Hall–Kier alpha value is -3.45. The normalized spacial score (nSPS) is 16.6. The van der Waals surface area contributed by atoms with Crippen LogP contribution in [0.1, 0.15) is 24.3 Å². The van der Waals surface area contributed by atoms with Crippen LogP contribution < -0.4 is 15.5 Å². The van der Waals surface area contributed by atoms with Crippen molar-refractivity contribution in [2.45, 2.75) is 19.9 Å². The number of para-hydroxylation sites is 1. The van der Waals surface area contributed by atoms with Gasteiger partial charge in [0.1, 0.15) is 5.76 Å². The molecule has 1 aromatic heterocycles. The zero-order chi connectivity index (χ0) is 20.4. The Bertz CT molecular complexity index is 1080. The second-order valence-corrected chi connectivity index (χ2v) is 7.13. The zero-order valence-corrected chi connectivity index (χ0v) is 16.9. The number of rotatable bonds is 4. The number of amides is 1. The number of aryl methyl sites for hydroxylation is 1. The van der Waals surface area contributed by atoms with Crippen molar-refractivity contribution in [2.24, 2.45) is 0 Å². The molecule has 0 fully saturated rings. The molecular weight excluding hydrogens is 384 g/mol. The molecule has 146 valence electrons. The molecule has 0 spiro atoms. The molecule has 1 aliphatic heterocycles. The van der Waals surface area contributed by atoms with Crippen LogP contribution in [0.2, 0.25) is 0 Å². The third-order valence-corrected chi connectivity index (χ3v) is 5.05. The number of thiocarbonyl (C=S) groups is 1. The monoisotopic (exact) mass is 404 g/mol. The Kier molecular flexibility index (Phi) is 5.14. The van der Waals surface area contributed by atoms with Gasteiger partial charge in [-0.05, 0) is 43.8 Å². The Balaban J connectivity index is 1.79. The molecule has 29 heavy (non-hydrogen) atoms. The summed E-state index contributed by atoms with van der Waals surface area (Å²) in [4.78, 5) is 15.2. The molecule has 2 N–H and O–H groups in total. The van der Waals surface area contributed by atoms with E-state index < -0.39 is 0 Å². The van der Waals surface area contributed by atoms with Gasteiger partial charge in [0.05, 0.1) is 11.6 Å². The number of carbonyl (C=O) groups excluding carboxylic acids is 1. The number of benzene rings is 2. The largest absolute Gasteiger partial charge is 0.360 e. The SMILES string of the molecule is CC1=C(C(=O)Nc2cc(C)on2)[C@@H](c2ccccc2)NC(=S)N1c1ccccc1. The first-order valence-corrected chi connectivity index (χ1v) is 9.61. The molecule has 1 aliphatic rings. The van der Waals surface area contributed by atoms with E-state index in [-0.39, 0.29) is 11.9 Å². The van der Waals surface area contributed by atoms with E-state index in [0.717, 1.165) is 16.9 Å². The van der Waals surface area contributed by atoms with Crippen LogP contribution in [0, 0.1) is 6.92 Å². The summed E-state index contributed by atoms with van der Waals surface area (Å²) in [5, 5.41) is 10.6. The number of aromatic nitrogens is 1. The lowest BCUT2D eigenvalue weighted by Gasteiger charge is -2.37. The highest BCUT2D eigenvalue weighted by atomic mass is 32.1. The molecule has 6 nitrogen and oxygen atoms in total. The maximum atomic E-state index is 13.3. The van der Waals surface area contributed by atoms with Gasteiger partial charge < -0.3 is 15.2 Å². The lowest BCUT2D eigenvalue weighted by Crippen LogP contribution is -2.48. The molecule has 0 radical (unpaired) electrons. The Morgan fingerprint density at radius 3 is 2.38 bits per heavy atom. The van der Waals surface area contributed by atoms with Crippen LogP contribution in [0.4, 0.5) is 11.5 Å². The van der Waals surface area contributed by atoms with Crippen LogP contribution >= 0.6 is 12.2 Å². The summed E-state index contributed by atoms with van der Waals surface area (Å²) >= 11 is 5.66. The molecule has 1 amide bonds. The fourth-order valence-corrected chi connectivity index (χ4v) is 3.79. The number of hydrogen-bond donors (Lipinski definition) is 2. The summed E-state index contributed by atoms with van der Waals surface area (Å²) in [5.41, 5.74) is 3.15. The number of hydrogen-bond acceptors (Lipinski definition) is 4. The summed E-state index contributed by atoms with van der Waals surface area (Å²) in [5.74, 6) is 0.735. The van der Waals surface area contributed by atoms with Crippen LogP contribution in [0.15, 0.2) is 82.5 Å². The second kappa shape index (κ2) is 7.89. The fourth-order valence-electron chi connectivity index (χ4n) is 3.43. The van der Waals surface area contributed by atoms with Crippen molar-refractivity contribution >= 4 is 34.7 Å². The Morgan fingerprint density at radius 1 is 1.10 bits per heavy atom. The van der Waals surface area contributed by atoms with Crippen molar-refractivity contribution in [1.82, 2.24) is 10.5 Å². The number of anilines is 2. The molecule has 7 heteroatoms. The molecule has 3 aromatic rings. The van der Waals surface area contributed by atoms with E-state index in [1.807, 2.05) is 72.5 Å². The smallest absolute Gasteiger partial charge is 0.257 e. The average molecular weight is 404 g/mol. The first kappa shape index (κ1) is 18.9. The molecule has 2 aromatic carbocycles. The van der Waals surface area contributed by atoms with Gasteiger partial charge in [-0.2, -0.15) is 0 Å². The highest BCUT2D eigenvalue weighted by Crippen LogP contribution is 2.34. The van der Waals surface area contributed by atoms with Crippen molar-refractivity contribution < 1.29 is 9.32 Å². The van der Waals surface area contributed by atoms with Crippen molar-refractivity contribution in [3.63, 3.8) is 0 Å². The summed E-state index contributed by atoms with van der Waals surface area (Å²) < 4.78 is 5.07. The van der Waals surface area contributed by atoms with Gasteiger partial charge in [-0.3, -0.25) is 9.69 Å². The van der Waals surface area contributed by atoms with E-state index in [1.165, 1.54) is 0 Å². The lowest BCUT2D eigenvalue weighted by molar-refractivity contribution is -0.113. The van der Waals surface area contributed by atoms with Crippen molar-refractivity contribution in [2.75, 3.05) is 10.2 Å². The van der Waals surface area contributed by atoms with Crippen molar-refractivity contribution in [3.05, 3.63) is 89.3 Å². The number of carbonyl (C=O) groups is 1. The first-order chi connectivity index (χ1) is 14.0. The molecule has 0 saturated heterocycles. The quantitative estimate of drug-likeness (QED) is 0.631. The van der Waals surface area contributed by atoms with E-state index in [2.05, 4.69) is 15.8 Å². The number of nitrogens with one attached hydrogen (secondary N) is 2. The van der Waals surface area contributed by atoms with Crippen LogP contribution in [-0.4, -0.2) is 16.2 Å². The lowest BCUT2D eigenvalue weighted by atomic mass is 9.94. The van der Waals surface area contributed by atoms with Crippen molar-refractivity contribution in [1.29, 1.82) is 0 Å². The van der Waals surface area contributed by atoms with Crippen LogP contribution in [0.5, 0.6) is 0 Å². The fraction of sp³-hybridized carbons (Fsp3) is 0.136. The van der Waals surface area contributed by atoms with Gasteiger partial charge >= 0.3 is 0 Å². The van der Waals surface area contributed by atoms with Gasteiger partial charge in [0, 0.05) is 17.5 Å². The summed E-state index contributed by atoms with van der Waals surface area (Å²) in [6, 6.07) is 20.8. The van der Waals surface area contributed by atoms with Gasteiger partial charge in [-0.15, -0.1) is 0 Å². The van der Waals surface area contributed by atoms with Gasteiger partial charge in [0.2, 0.25) is 0 Å². The maximum absolute atomic E-state index is 13.3. The number of nitrogens with zero attached hydrogens (tertiary/aromatic N) is 2. The summed E-state index contributed by atoms with van der Waals surface area (Å²) in [6.45, 7) is 3.68. The topological polar surface area (TPSA) is 70.4 Å². The van der Waals surface area contributed by atoms with E-state index in [4.69, 9.17) is 16.7 Å². The highest BCUT2D eigenvalue weighted by molar-refractivity contribution is 7.80.